The van der Waals surface area contributed by atoms with E-state index < -0.39 is 66.4 Å². The molecule has 0 spiro atoms. The van der Waals surface area contributed by atoms with E-state index in [1.165, 1.54) is 18.7 Å². The second-order valence-electron chi connectivity index (χ2n) is 6.69. The van der Waals surface area contributed by atoms with Crippen molar-refractivity contribution < 1.29 is 39.3 Å². The summed E-state index contributed by atoms with van der Waals surface area (Å²) < 4.78 is 0. The lowest BCUT2D eigenvalue weighted by Gasteiger charge is -2.26. The Labute approximate surface area is 189 Å². The van der Waals surface area contributed by atoms with E-state index in [-0.39, 0.29) is 18.6 Å². The van der Waals surface area contributed by atoms with Gasteiger partial charge in [-0.25, -0.2) is 4.79 Å². The summed E-state index contributed by atoms with van der Waals surface area (Å²) in [6.45, 7) is 1.21. The summed E-state index contributed by atoms with van der Waals surface area (Å²) in [6, 6.07) is -5.06. The lowest BCUT2D eigenvalue weighted by atomic mass is 10.1. The highest BCUT2D eigenvalue weighted by atomic mass is 32.2. The first-order valence-electron chi connectivity index (χ1n) is 9.33. The Hall–Kier alpha value is -2.03. The third-order valence-corrected chi connectivity index (χ3v) is 5.14. The molecule has 8 N–H and O–H groups in total. The van der Waals surface area contributed by atoms with Crippen molar-refractivity contribution in [3.8, 4) is 0 Å². The Morgan fingerprint density at radius 2 is 1.55 bits per heavy atom. The molecule has 0 aliphatic heterocycles. The minimum absolute atomic E-state index is 0.0499. The highest BCUT2D eigenvalue weighted by Gasteiger charge is 2.32. The van der Waals surface area contributed by atoms with E-state index in [9.17, 15) is 34.2 Å². The molecule has 12 nitrogen and oxygen atoms in total. The van der Waals surface area contributed by atoms with Crippen LogP contribution in [0.5, 0.6) is 0 Å². The maximum atomic E-state index is 12.7. The number of hydrogen-bond acceptors (Lipinski definition) is 9. The highest BCUT2D eigenvalue weighted by molar-refractivity contribution is 7.98. The van der Waals surface area contributed by atoms with Gasteiger partial charge in [-0.3, -0.25) is 19.2 Å². The number of aliphatic hydroxyl groups is 1. The number of carboxylic acids is 2. The normalized spacial score (nSPS) is 15.6. The second-order valence-corrected chi connectivity index (χ2v) is 8.04. The Morgan fingerprint density at radius 3 is 2.00 bits per heavy atom. The van der Waals surface area contributed by atoms with E-state index in [2.05, 4.69) is 28.6 Å². The number of carboxylic acid groups (broad SMARTS) is 2. The largest absolute Gasteiger partial charge is 0.481 e. The molecule has 5 unspecified atom stereocenters. The Balaban J connectivity index is 5.32. The standard InChI is InChI=1S/C17H30N4O8S2/c1-8(22)13(16(27)20-11(17(28)29)3-4-12(23)24)21-15(26)10(5-6-31-2)19-14(25)9(18)7-30/h8-11,13,22,30H,3-7,18H2,1-2H3,(H,19,25)(H,20,27)(H,21,26)(H,23,24)(H,28,29). The van der Waals surface area contributed by atoms with Gasteiger partial charge in [-0.2, -0.15) is 24.4 Å². The van der Waals surface area contributed by atoms with Crippen LogP contribution in [0.1, 0.15) is 26.2 Å². The number of aliphatic hydroxyl groups excluding tert-OH is 1. The van der Waals surface area contributed by atoms with Gasteiger partial charge in [0.2, 0.25) is 17.7 Å². The number of hydrogen-bond donors (Lipinski definition) is 8. The Bertz CT molecular complexity index is 650. The zero-order valence-electron chi connectivity index (χ0n) is 17.2. The van der Waals surface area contributed by atoms with Crippen molar-refractivity contribution in [2.24, 2.45) is 5.73 Å². The molecule has 0 heterocycles. The summed E-state index contributed by atoms with van der Waals surface area (Å²) in [6.07, 6.45) is -0.287. The molecular weight excluding hydrogens is 452 g/mol. The number of thioether (sulfide) groups is 1. The van der Waals surface area contributed by atoms with Gasteiger partial charge in [0, 0.05) is 12.2 Å². The fourth-order valence-corrected chi connectivity index (χ4v) is 2.95. The Kier molecular flexibility index (Phi) is 13.9. The number of rotatable bonds is 15. The van der Waals surface area contributed by atoms with E-state index in [0.29, 0.717) is 5.75 Å². The molecular formula is C17H30N4O8S2. The van der Waals surface area contributed by atoms with Gasteiger partial charge in [0.15, 0.2) is 0 Å². The van der Waals surface area contributed by atoms with Crippen LogP contribution < -0.4 is 21.7 Å². The predicted molar refractivity (Wildman–Crippen MR) is 117 cm³/mol. The van der Waals surface area contributed by atoms with Crippen molar-refractivity contribution in [1.29, 1.82) is 0 Å². The van der Waals surface area contributed by atoms with E-state index in [1.807, 2.05) is 0 Å². The lowest BCUT2D eigenvalue weighted by molar-refractivity contribution is -0.144. The van der Waals surface area contributed by atoms with Crippen LogP contribution in [-0.4, -0.2) is 93.0 Å². The van der Waals surface area contributed by atoms with Crippen molar-refractivity contribution in [1.82, 2.24) is 16.0 Å². The molecule has 0 bridgehead atoms. The predicted octanol–water partition coefficient (Wildman–Crippen LogP) is -2.22. The van der Waals surface area contributed by atoms with Crippen LogP contribution >= 0.6 is 24.4 Å². The smallest absolute Gasteiger partial charge is 0.326 e. The van der Waals surface area contributed by atoms with Gasteiger partial charge in [0.25, 0.3) is 0 Å². The first-order valence-corrected chi connectivity index (χ1v) is 11.4. The van der Waals surface area contributed by atoms with Crippen LogP contribution in [0.2, 0.25) is 0 Å². The molecule has 0 rings (SSSR count). The van der Waals surface area contributed by atoms with Crippen molar-refractivity contribution in [2.75, 3.05) is 17.8 Å². The van der Waals surface area contributed by atoms with Crippen LogP contribution in [0.15, 0.2) is 0 Å². The average molecular weight is 483 g/mol. The van der Waals surface area contributed by atoms with Crippen molar-refractivity contribution in [3.63, 3.8) is 0 Å². The van der Waals surface area contributed by atoms with Gasteiger partial charge in [0.1, 0.15) is 18.1 Å². The highest BCUT2D eigenvalue weighted by Crippen LogP contribution is 2.05. The summed E-state index contributed by atoms with van der Waals surface area (Å²) in [5.74, 6) is -4.56. The van der Waals surface area contributed by atoms with Gasteiger partial charge >= 0.3 is 11.9 Å². The SMILES string of the molecule is CSCCC(NC(=O)C(N)CS)C(=O)NC(C(=O)NC(CCC(=O)O)C(=O)O)C(C)O. The van der Waals surface area contributed by atoms with Gasteiger partial charge in [0.05, 0.1) is 12.1 Å². The molecule has 0 saturated heterocycles. The molecule has 0 aliphatic carbocycles. The zero-order chi connectivity index (χ0) is 24.1. The van der Waals surface area contributed by atoms with Gasteiger partial charge in [-0.05, 0) is 31.8 Å². The van der Waals surface area contributed by atoms with Gasteiger partial charge in [-0.1, -0.05) is 0 Å². The molecule has 0 aliphatic rings. The molecule has 0 aromatic rings. The fraction of sp³-hybridized carbons (Fsp3) is 0.706. The van der Waals surface area contributed by atoms with Crippen LogP contribution in [0.3, 0.4) is 0 Å². The third-order valence-electron chi connectivity index (χ3n) is 4.10. The molecule has 0 aromatic heterocycles. The molecule has 0 saturated carbocycles. The van der Waals surface area contributed by atoms with Crippen molar-refractivity contribution in [3.05, 3.63) is 0 Å². The summed E-state index contributed by atoms with van der Waals surface area (Å²) in [4.78, 5) is 59.1. The Morgan fingerprint density at radius 1 is 0.968 bits per heavy atom. The van der Waals surface area contributed by atoms with E-state index in [0.717, 1.165) is 0 Å². The summed E-state index contributed by atoms with van der Waals surface area (Å²) in [5, 5.41) is 34.7. The van der Waals surface area contributed by atoms with E-state index >= 15 is 0 Å². The molecule has 14 heteroatoms. The maximum absolute atomic E-state index is 12.7. The minimum Gasteiger partial charge on any atom is -0.481 e. The van der Waals surface area contributed by atoms with Crippen LogP contribution in [-0.2, 0) is 24.0 Å². The molecule has 0 radical (unpaired) electrons. The van der Waals surface area contributed by atoms with Crippen LogP contribution in [0, 0.1) is 0 Å². The van der Waals surface area contributed by atoms with Crippen molar-refractivity contribution in [2.45, 2.75) is 56.5 Å². The summed E-state index contributed by atoms with van der Waals surface area (Å²) in [7, 11) is 0. The second kappa shape index (κ2) is 14.9. The minimum atomic E-state index is -1.54. The summed E-state index contributed by atoms with van der Waals surface area (Å²) >= 11 is 5.35. The number of nitrogens with two attached hydrogens (primary N) is 1. The molecule has 31 heavy (non-hydrogen) atoms. The number of carbonyl (C=O) groups excluding carboxylic acids is 3. The topological polar surface area (TPSA) is 208 Å². The average Bonchev–Trinajstić information content (AvgIpc) is 2.70. The third kappa shape index (κ3) is 11.2. The molecule has 3 amide bonds. The quantitative estimate of drug-likeness (QED) is 0.118. The molecule has 178 valence electrons. The maximum Gasteiger partial charge on any atom is 0.326 e. The van der Waals surface area contributed by atoms with Gasteiger partial charge in [-0.15, -0.1) is 0 Å². The van der Waals surface area contributed by atoms with Crippen molar-refractivity contribution >= 4 is 54.1 Å². The fourth-order valence-electron chi connectivity index (χ4n) is 2.31. The summed E-state index contributed by atoms with van der Waals surface area (Å²) in [5.41, 5.74) is 5.60. The molecule has 5 atom stereocenters. The van der Waals surface area contributed by atoms with Crippen LogP contribution in [0.4, 0.5) is 0 Å². The first kappa shape index (κ1) is 29.0. The number of carbonyl (C=O) groups is 5. The molecule has 0 fully saturated rings. The van der Waals surface area contributed by atoms with E-state index in [1.54, 1.807) is 6.26 Å². The van der Waals surface area contributed by atoms with Gasteiger partial charge < -0.3 is 37.0 Å². The lowest BCUT2D eigenvalue weighted by Crippen LogP contribution is -2.60. The van der Waals surface area contributed by atoms with E-state index in [4.69, 9.17) is 10.8 Å². The first-order chi connectivity index (χ1) is 14.4. The number of amides is 3. The zero-order valence-corrected chi connectivity index (χ0v) is 18.9. The number of aliphatic carboxylic acids is 2. The molecule has 0 aromatic carbocycles. The number of nitrogens with one attached hydrogen (secondary N) is 3. The number of thiol groups is 1. The van der Waals surface area contributed by atoms with Crippen LogP contribution in [0.25, 0.3) is 0 Å². The monoisotopic (exact) mass is 482 g/mol.